The molecular formula is C8H11N3O. The number of ether oxygens (including phenoxy) is 1. The molecule has 0 aliphatic heterocycles. The SMILES string of the molecule is CCOCCn1ccnc1C#N. The third-order valence-electron chi connectivity index (χ3n) is 1.50. The molecule has 4 heteroatoms. The molecule has 0 unspecified atom stereocenters. The minimum atomic E-state index is 0.440. The van der Waals surface area contributed by atoms with Gasteiger partial charge in [-0.2, -0.15) is 5.26 Å². The molecule has 0 radical (unpaired) electrons. The molecule has 0 spiro atoms. The van der Waals surface area contributed by atoms with Crippen molar-refractivity contribution in [1.82, 2.24) is 9.55 Å². The first kappa shape index (κ1) is 8.75. The zero-order chi connectivity index (χ0) is 8.81. The molecule has 0 saturated heterocycles. The molecule has 1 heterocycles. The molecule has 1 aromatic rings. The third-order valence-corrected chi connectivity index (χ3v) is 1.50. The minimum absolute atomic E-state index is 0.440. The van der Waals surface area contributed by atoms with Crippen LogP contribution in [-0.4, -0.2) is 22.8 Å². The van der Waals surface area contributed by atoms with Crippen LogP contribution in [0.1, 0.15) is 12.7 Å². The van der Waals surface area contributed by atoms with Crippen LogP contribution < -0.4 is 0 Å². The van der Waals surface area contributed by atoms with Gasteiger partial charge in [-0.1, -0.05) is 0 Å². The van der Waals surface area contributed by atoms with Crippen molar-refractivity contribution in [3.8, 4) is 6.07 Å². The van der Waals surface area contributed by atoms with E-state index in [1.807, 2.05) is 13.0 Å². The highest BCUT2D eigenvalue weighted by Crippen LogP contribution is 1.94. The van der Waals surface area contributed by atoms with Crippen molar-refractivity contribution in [2.24, 2.45) is 0 Å². The summed E-state index contributed by atoms with van der Waals surface area (Å²) in [6.07, 6.45) is 3.39. The van der Waals surface area contributed by atoms with Crippen LogP contribution in [0.15, 0.2) is 12.4 Å². The van der Waals surface area contributed by atoms with Gasteiger partial charge in [0.05, 0.1) is 6.61 Å². The second-order valence-electron chi connectivity index (χ2n) is 2.25. The summed E-state index contributed by atoms with van der Waals surface area (Å²) in [5.41, 5.74) is 0. The molecule has 0 N–H and O–H groups in total. The van der Waals surface area contributed by atoms with Gasteiger partial charge in [-0.15, -0.1) is 0 Å². The molecule has 0 saturated carbocycles. The smallest absolute Gasteiger partial charge is 0.212 e. The maximum absolute atomic E-state index is 8.59. The average Bonchev–Trinajstić information content (AvgIpc) is 2.52. The first-order valence-electron chi connectivity index (χ1n) is 3.87. The van der Waals surface area contributed by atoms with E-state index in [0.717, 1.165) is 0 Å². The highest BCUT2D eigenvalue weighted by Gasteiger charge is 1.98. The maximum atomic E-state index is 8.59. The number of rotatable bonds is 4. The lowest BCUT2D eigenvalue weighted by atomic mass is 10.6. The lowest BCUT2D eigenvalue weighted by molar-refractivity contribution is 0.139. The van der Waals surface area contributed by atoms with E-state index in [1.54, 1.807) is 17.0 Å². The van der Waals surface area contributed by atoms with E-state index in [0.29, 0.717) is 25.6 Å². The Labute approximate surface area is 71.4 Å². The van der Waals surface area contributed by atoms with Crippen molar-refractivity contribution in [2.75, 3.05) is 13.2 Å². The van der Waals surface area contributed by atoms with Gasteiger partial charge in [-0.3, -0.25) is 0 Å². The van der Waals surface area contributed by atoms with Crippen LogP contribution in [0.2, 0.25) is 0 Å². The molecule has 1 rings (SSSR count). The van der Waals surface area contributed by atoms with Gasteiger partial charge >= 0.3 is 0 Å². The summed E-state index contributed by atoms with van der Waals surface area (Å²) >= 11 is 0. The monoisotopic (exact) mass is 165 g/mol. The predicted octanol–water partition coefficient (Wildman–Crippen LogP) is 0.791. The molecule has 12 heavy (non-hydrogen) atoms. The van der Waals surface area contributed by atoms with Crippen molar-refractivity contribution in [3.63, 3.8) is 0 Å². The summed E-state index contributed by atoms with van der Waals surface area (Å²) in [5.74, 6) is 0.440. The van der Waals surface area contributed by atoms with Crippen molar-refractivity contribution in [1.29, 1.82) is 5.26 Å². The van der Waals surface area contributed by atoms with Crippen LogP contribution >= 0.6 is 0 Å². The Morgan fingerprint density at radius 3 is 3.25 bits per heavy atom. The highest BCUT2D eigenvalue weighted by atomic mass is 16.5. The zero-order valence-electron chi connectivity index (χ0n) is 7.03. The van der Waals surface area contributed by atoms with Gasteiger partial charge in [0.2, 0.25) is 5.82 Å². The van der Waals surface area contributed by atoms with Crippen LogP contribution in [0.4, 0.5) is 0 Å². The fourth-order valence-electron chi connectivity index (χ4n) is 0.910. The lowest BCUT2D eigenvalue weighted by Crippen LogP contribution is -2.06. The zero-order valence-corrected chi connectivity index (χ0v) is 7.03. The molecule has 4 nitrogen and oxygen atoms in total. The number of aromatic nitrogens is 2. The molecule has 0 aliphatic carbocycles. The Bertz CT molecular complexity index is 274. The van der Waals surface area contributed by atoms with E-state index in [1.165, 1.54) is 0 Å². The largest absolute Gasteiger partial charge is 0.380 e. The number of nitriles is 1. The van der Waals surface area contributed by atoms with Crippen LogP contribution in [0, 0.1) is 11.3 Å². The van der Waals surface area contributed by atoms with Gasteiger partial charge in [0.15, 0.2) is 0 Å². The summed E-state index contributed by atoms with van der Waals surface area (Å²) in [5, 5.41) is 8.59. The predicted molar refractivity (Wildman–Crippen MR) is 43.4 cm³/mol. The second kappa shape index (κ2) is 4.52. The van der Waals surface area contributed by atoms with Gasteiger partial charge in [0.25, 0.3) is 0 Å². The Balaban J connectivity index is 2.46. The number of hydrogen-bond acceptors (Lipinski definition) is 3. The van der Waals surface area contributed by atoms with Crippen molar-refractivity contribution >= 4 is 0 Å². The van der Waals surface area contributed by atoms with Gasteiger partial charge in [-0.05, 0) is 6.92 Å². The molecule has 1 aromatic heterocycles. The molecule has 0 fully saturated rings. The van der Waals surface area contributed by atoms with Crippen LogP contribution in [0.25, 0.3) is 0 Å². The van der Waals surface area contributed by atoms with Gasteiger partial charge in [-0.25, -0.2) is 4.98 Å². The number of nitrogens with zero attached hydrogens (tertiary/aromatic N) is 3. The lowest BCUT2D eigenvalue weighted by Gasteiger charge is -2.02. The Kier molecular flexibility index (Phi) is 3.30. The summed E-state index contributed by atoms with van der Waals surface area (Å²) in [4.78, 5) is 3.86. The first-order valence-corrected chi connectivity index (χ1v) is 3.87. The van der Waals surface area contributed by atoms with Gasteiger partial charge in [0, 0.05) is 25.5 Å². The molecule has 0 atom stereocenters. The van der Waals surface area contributed by atoms with E-state index < -0.39 is 0 Å². The quantitative estimate of drug-likeness (QED) is 0.620. The molecule has 0 aromatic carbocycles. The topological polar surface area (TPSA) is 50.8 Å². The van der Waals surface area contributed by atoms with E-state index in [9.17, 15) is 0 Å². The Morgan fingerprint density at radius 2 is 2.58 bits per heavy atom. The third kappa shape index (κ3) is 2.07. The van der Waals surface area contributed by atoms with Gasteiger partial charge < -0.3 is 9.30 Å². The van der Waals surface area contributed by atoms with Crippen LogP contribution in [-0.2, 0) is 11.3 Å². The Hall–Kier alpha value is -1.34. The number of imidazole rings is 1. The first-order chi connectivity index (χ1) is 5.88. The fourth-order valence-corrected chi connectivity index (χ4v) is 0.910. The van der Waals surface area contributed by atoms with E-state index in [4.69, 9.17) is 10.00 Å². The van der Waals surface area contributed by atoms with Crippen molar-refractivity contribution < 1.29 is 4.74 Å². The minimum Gasteiger partial charge on any atom is -0.380 e. The van der Waals surface area contributed by atoms with Crippen molar-refractivity contribution in [2.45, 2.75) is 13.5 Å². The number of hydrogen-bond donors (Lipinski definition) is 0. The van der Waals surface area contributed by atoms with Crippen molar-refractivity contribution in [3.05, 3.63) is 18.2 Å². The molecule has 64 valence electrons. The van der Waals surface area contributed by atoms with Crippen LogP contribution in [0.5, 0.6) is 0 Å². The summed E-state index contributed by atoms with van der Waals surface area (Å²) in [7, 11) is 0. The van der Waals surface area contributed by atoms with E-state index in [-0.39, 0.29) is 0 Å². The summed E-state index contributed by atoms with van der Waals surface area (Å²) in [6.45, 7) is 3.97. The fraction of sp³-hybridized carbons (Fsp3) is 0.500. The van der Waals surface area contributed by atoms with Gasteiger partial charge in [0.1, 0.15) is 6.07 Å². The normalized spacial score (nSPS) is 9.67. The van der Waals surface area contributed by atoms with Crippen LogP contribution in [0.3, 0.4) is 0 Å². The van der Waals surface area contributed by atoms with E-state index >= 15 is 0 Å². The maximum Gasteiger partial charge on any atom is 0.212 e. The van der Waals surface area contributed by atoms with E-state index in [2.05, 4.69) is 4.98 Å². The Morgan fingerprint density at radius 1 is 1.75 bits per heavy atom. The molecular weight excluding hydrogens is 154 g/mol. The molecule has 0 aliphatic rings. The molecule has 0 bridgehead atoms. The second-order valence-corrected chi connectivity index (χ2v) is 2.25. The molecule has 0 amide bonds. The standard InChI is InChI=1S/C8H11N3O/c1-2-12-6-5-11-4-3-10-8(11)7-9/h3-4H,2,5-6H2,1H3. The summed E-state index contributed by atoms with van der Waals surface area (Å²) < 4.78 is 6.92. The average molecular weight is 165 g/mol. The highest BCUT2D eigenvalue weighted by molar-refractivity contribution is 5.10. The summed E-state index contributed by atoms with van der Waals surface area (Å²) in [6, 6.07) is 2.00.